The van der Waals surface area contributed by atoms with E-state index in [2.05, 4.69) is 20.0 Å². The van der Waals surface area contributed by atoms with Crippen molar-refractivity contribution in [2.75, 3.05) is 44.3 Å². The second-order valence-corrected chi connectivity index (χ2v) is 7.65. The molecule has 2 fully saturated rings. The zero-order valence-corrected chi connectivity index (χ0v) is 16.0. The van der Waals surface area contributed by atoms with Gasteiger partial charge in [-0.1, -0.05) is 25.0 Å². The summed E-state index contributed by atoms with van der Waals surface area (Å²) in [5.74, 6) is 0.204. The molecule has 2 aliphatic rings. The second kappa shape index (κ2) is 7.94. The summed E-state index contributed by atoms with van der Waals surface area (Å²) in [6, 6.07) is 6.27. The number of aromatic nitrogens is 2. The molecule has 0 saturated carbocycles. The van der Waals surface area contributed by atoms with Crippen LogP contribution in [0.4, 0.5) is 10.4 Å². The summed E-state index contributed by atoms with van der Waals surface area (Å²) in [6.07, 6.45) is 2.13. The highest BCUT2D eigenvalue weighted by Gasteiger charge is 2.28. The zero-order valence-electron chi connectivity index (χ0n) is 16.0. The lowest BCUT2D eigenvalue weighted by Gasteiger charge is -2.39. The fourth-order valence-electron chi connectivity index (χ4n) is 3.88. The van der Waals surface area contributed by atoms with Gasteiger partial charge < -0.3 is 14.1 Å². The SMILES string of the molecule is CC(C)c1ccc(-c2nnc(N3CCC(N4CCOCC4)CC3)o2)c(F)c1. The van der Waals surface area contributed by atoms with E-state index in [0.29, 0.717) is 17.6 Å². The van der Waals surface area contributed by atoms with Gasteiger partial charge in [0.25, 0.3) is 5.89 Å². The number of rotatable bonds is 4. The van der Waals surface area contributed by atoms with Gasteiger partial charge in [-0.25, -0.2) is 4.39 Å². The van der Waals surface area contributed by atoms with Gasteiger partial charge in [0, 0.05) is 32.2 Å². The summed E-state index contributed by atoms with van der Waals surface area (Å²) in [4.78, 5) is 4.62. The molecule has 1 aromatic heterocycles. The molecule has 0 atom stereocenters. The van der Waals surface area contributed by atoms with Crippen molar-refractivity contribution in [2.24, 2.45) is 0 Å². The molecular formula is C20H27FN4O2. The van der Waals surface area contributed by atoms with E-state index in [4.69, 9.17) is 9.15 Å². The first-order chi connectivity index (χ1) is 13.1. The lowest BCUT2D eigenvalue weighted by atomic mass is 10.0. The van der Waals surface area contributed by atoms with Gasteiger partial charge in [-0.2, -0.15) is 0 Å². The highest BCUT2D eigenvalue weighted by molar-refractivity contribution is 5.55. The molecule has 4 rings (SSSR count). The molecule has 2 aromatic rings. The number of hydrogen-bond acceptors (Lipinski definition) is 6. The topological polar surface area (TPSA) is 54.6 Å². The van der Waals surface area contributed by atoms with Crippen LogP contribution in [-0.4, -0.2) is 60.5 Å². The molecule has 0 unspecified atom stereocenters. The Morgan fingerprint density at radius 2 is 1.81 bits per heavy atom. The van der Waals surface area contributed by atoms with E-state index < -0.39 is 0 Å². The molecule has 3 heterocycles. The predicted octanol–water partition coefficient (Wildman–Crippen LogP) is 3.30. The number of anilines is 1. The maximum atomic E-state index is 14.4. The molecule has 0 radical (unpaired) electrons. The third-order valence-corrected chi connectivity index (χ3v) is 5.60. The molecule has 0 amide bonds. The molecule has 0 aliphatic carbocycles. The highest BCUT2D eigenvalue weighted by Crippen LogP contribution is 2.29. The van der Waals surface area contributed by atoms with Crippen molar-refractivity contribution in [3.05, 3.63) is 29.6 Å². The van der Waals surface area contributed by atoms with E-state index in [1.165, 1.54) is 0 Å². The predicted molar refractivity (Wildman–Crippen MR) is 101 cm³/mol. The van der Waals surface area contributed by atoms with Crippen molar-refractivity contribution >= 4 is 6.01 Å². The second-order valence-electron chi connectivity index (χ2n) is 7.65. The summed E-state index contributed by atoms with van der Waals surface area (Å²) in [7, 11) is 0. The standard InChI is InChI=1S/C20H27FN4O2/c1-14(2)15-3-4-17(18(21)13-15)19-22-23-20(27-19)25-7-5-16(6-8-25)24-9-11-26-12-10-24/h3-4,13-14,16H,5-12H2,1-2H3. The van der Waals surface area contributed by atoms with Gasteiger partial charge in [-0.15, -0.1) is 5.10 Å². The Morgan fingerprint density at radius 3 is 2.48 bits per heavy atom. The van der Waals surface area contributed by atoms with Crippen molar-refractivity contribution in [2.45, 2.75) is 38.6 Å². The Kier molecular flexibility index (Phi) is 5.41. The van der Waals surface area contributed by atoms with E-state index in [9.17, 15) is 4.39 Å². The van der Waals surface area contributed by atoms with Crippen LogP contribution in [0.5, 0.6) is 0 Å². The number of benzene rings is 1. The van der Waals surface area contributed by atoms with Crippen LogP contribution in [0.1, 0.15) is 38.2 Å². The van der Waals surface area contributed by atoms with Crippen LogP contribution in [0.2, 0.25) is 0 Å². The quantitative estimate of drug-likeness (QED) is 0.819. The Bertz CT molecular complexity index is 765. The van der Waals surface area contributed by atoms with Crippen LogP contribution >= 0.6 is 0 Å². The van der Waals surface area contributed by atoms with E-state index >= 15 is 0 Å². The fourth-order valence-corrected chi connectivity index (χ4v) is 3.88. The van der Waals surface area contributed by atoms with Crippen LogP contribution < -0.4 is 4.90 Å². The largest absolute Gasteiger partial charge is 0.403 e. The van der Waals surface area contributed by atoms with Gasteiger partial charge in [0.2, 0.25) is 0 Å². The molecular weight excluding hydrogens is 347 g/mol. The molecule has 2 aliphatic heterocycles. The molecule has 0 N–H and O–H groups in total. The molecule has 0 bridgehead atoms. The van der Waals surface area contributed by atoms with Crippen molar-refractivity contribution in [1.82, 2.24) is 15.1 Å². The summed E-state index contributed by atoms with van der Waals surface area (Å²) < 4.78 is 25.7. The molecule has 1 aromatic carbocycles. The Hall–Kier alpha value is -1.99. The normalized spacial score (nSPS) is 19.8. The van der Waals surface area contributed by atoms with E-state index in [1.807, 2.05) is 19.9 Å². The number of nitrogens with zero attached hydrogens (tertiary/aromatic N) is 4. The summed E-state index contributed by atoms with van der Waals surface area (Å²) in [5.41, 5.74) is 1.32. The number of piperidine rings is 1. The molecule has 2 saturated heterocycles. The summed E-state index contributed by atoms with van der Waals surface area (Å²) in [6.45, 7) is 9.52. The third-order valence-electron chi connectivity index (χ3n) is 5.60. The molecule has 7 heteroatoms. The highest BCUT2D eigenvalue weighted by atomic mass is 19.1. The average molecular weight is 374 g/mol. The average Bonchev–Trinajstić information content (AvgIpc) is 3.18. The zero-order chi connectivity index (χ0) is 18.8. The van der Waals surface area contributed by atoms with Crippen LogP contribution in [-0.2, 0) is 4.74 Å². The molecule has 6 nitrogen and oxygen atoms in total. The van der Waals surface area contributed by atoms with Crippen LogP contribution in [0.25, 0.3) is 11.5 Å². The Labute approximate surface area is 159 Å². The first kappa shape index (κ1) is 18.4. The van der Waals surface area contributed by atoms with Gasteiger partial charge in [0.05, 0.1) is 18.8 Å². The number of ether oxygens (including phenoxy) is 1. The maximum Gasteiger partial charge on any atom is 0.318 e. The van der Waals surface area contributed by atoms with Crippen LogP contribution in [0.15, 0.2) is 22.6 Å². The Morgan fingerprint density at radius 1 is 1.07 bits per heavy atom. The first-order valence-electron chi connectivity index (χ1n) is 9.82. The van der Waals surface area contributed by atoms with Crippen molar-refractivity contribution in [3.63, 3.8) is 0 Å². The maximum absolute atomic E-state index is 14.4. The minimum absolute atomic E-state index is 0.244. The lowest BCUT2D eigenvalue weighted by molar-refractivity contribution is 0.0113. The Balaban J connectivity index is 1.41. The van der Waals surface area contributed by atoms with E-state index in [1.54, 1.807) is 12.1 Å². The van der Waals surface area contributed by atoms with E-state index in [0.717, 1.165) is 57.8 Å². The lowest BCUT2D eigenvalue weighted by Crippen LogP contribution is -2.49. The first-order valence-corrected chi connectivity index (χ1v) is 9.82. The van der Waals surface area contributed by atoms with Gasteiger partial charge in [0.1, 0.15) is 5.82 Å². The smallest absolute Gasteiger partial charge is 0.318 e. The van der Waals surface area contributed by atoms with Crippen molar-refractivity contribution in [3.8, 4) is 11.5 Å². The minimum Gasteiger partial charge on any atom is -0.403 e. The fraction of sp³-hybridized carbons (Fsp3) is 0.600. The molecule has 0 spiro atoms. The number of hydrogen-bond donors (Lipinski definition) is 0. The van der Waals surface area contributed by atoms with Gasteiger partial charge in [-0.05, 0) is 36.5 Å². The van der Waals surface area contributed by atoms with Crippen LogP contribution in [0, 0.1) is 5.82 Å². The van der Waals surface area contributed by atoms with Crippen LogP contribution in [0.3, 0.4) is 0 Å². The van der Waals surface area contributed by atoms with E-state index in [-0.39, 0.29) is 17.6 Å². The monoisotopic (exact) mass is 374 g/mol. The summed E-state index contributed by atoms with van der Waals surface area (Å²) >= 11 is 0. The van der Waals surface area contributed by atoms with Gasteiger partial charge in [-0.3, -0.25) is 4.90 Å². The molecule has 146 valence electrons. The van der Waals surface area contributed by atoms with Gasteiger partial charge >= 0.3 is 6.01 Å². The molecule has 27 heavy (non-hydrogen) atoms. The third kappa shape index (κ3) is 3.99. The number of morpholine rings is 1. The summed E-state index contributed by atoms with van der Waals surface area (Å²) in [5, 5.41) is 8.24. The minimum atomic E-state index is -0.317. The number of halogens is 1. The van der Waals surface area contributed by atoms with Crippen molar-refractivity contribution < 1.29 is 13.5 Å². The van der Waals surface area contributed by atoms with Gasteiger partial charge in [0.15, 0.2) is 0 Å². The van der Waals surface area contributed by atoms with Crippen molar-refractivity contribution in [1.29, 1.82) is 0 Å².